The molecule has 0 heterocycles. The number of anilines is 3. The SMILES string of the molecule is COc1cccc(CN(Cc2ccc(N(C)C)cc2)C(=O)Oc2cc(OC(=O)N(Cc3ccc(N(C)C)cc3)Cc3cccc(OC)c3)cc(N(C)C)c2)c1. The molecule has 0 unspecified atom stereocenters. The molecule has 0 spiro atoms. The number of hydrogen-bond donors (Lipinski definition) is 0. The molecule has 5 aromatic carbocycles. The summed E-state index contributed by atoms with van der Waals surface area (Å²) in [6.45, 7) is 1.15. The first-order valence-corrected chi connectivity index (χ1v) is 17.9. The molecule has 11 nitrogen and oxygen atoms in total. The van der Waals surface area contributed by atoms with Gasteiger partial charge in [-0.1, -0.05) is 48.5 Å². The first kappa shape index (κ1) is 39.8. The summed E-state index contributed by atoms with van der Waals surface area (Å²) >= 11 is 0. The van der Waals surface area contributed by atoms with E-state index in [1.54, 1.807) is 42.2 Å². The maximum atomic E-state index is 14.0. The third kappa shape index (κ3) is 11.3. The van der Waals surface area contributed by atoms with Crippen LogP contribution in [0.5, 0.6) is 23.0 Å². The van der Waals surface area contributed by atoms with Crippen LogP contribution in [0.3, 0.4) is 0 Å². The van der Waals surface area contributed by atoms with E-state index in [2.05, 4.69) is 0 Å². The lowest BCUT2D eigenvalue weighted by Gasteiger charge is -2.25. The van der Waals surface area contributed by atoms with Crippen LogP contribution in [0.1, 0.15) is 22.3 Å². The van der Waals surface area contributed by atoms with Crippen molar-refractivity contribution in [2.45, 2.75) is 26.2 Å². The third-order valence-electron chi connectivity index (χ3n) is 8.98. The predicted octanol–water partition coefficient (Wildman–Crippen LogP) is 8.30. The summed E-state index contributed by atoms with van der Waals surface area (Å²) < 4.78 is 23.0. The van der Waals surface area contributed by atoms with E-state index in [9.17, 15) is 9.59 Å². The summed E-state index contributed by atoms with van der Waals surface area (Å²) in [5.74, 6) is 1.85. The van der Waals surface area contributed by atoms with Crippen molar-refractivity contribution in [3.05, 3.63) is 138 Å². The summed E-state index contributed by atoms with van der Waals surface area (Å²) in [5.41, 5.74) is 6.43. The Morgan fingerprint density at radius 2 is 0.782 bits per heavy atom. The lowest BCUT2D eigenvalue weighted by atomic mass is 10.1. The summed E-state index contributed by atoms with van der Waals surface area (Å²) in [6.07, 6.45) is -1.12. The lowest BCUT2D eigenvalue weighted by molar-refractivity contribution is 0.144. The van der Waals surface area contributed by atoms with Crippen molar-refractivity contribution >= 4 is 29.2 Å². The zero-order valence-electron chi connectivity index (χ0n) is 33.0. The number of ether oxygens (including phenoxy) is 4. The molecule has 0 fully saturated rings. The first-order valence-electron chi connectivity index (χ1n) is 17.9. The van der Waals surface area contributed by atoms with Gasteiger partial charge in [0.05, 0.1) is 14.2 Å². The number of methoxy groups -OCH3 is 2. The van der Waals surface area contributed by atoms with Crippen molar-refractivity contribution in [3.8, 4) is 23.0 Å². The fourth-order valence-corrected chi connectivity index (χ4v) is 5.86. The molecule has 0 aliphatic carbocycles. The summed E-state index contributed by atoms with van der Waals surface area (Å²) in [7, 11) is 14.9. The summed E-state index contributed by atoms with van der Waals surface area (Å²) in [5, 5.41) is 0. The monoisotopic (exact) mass is 745 g/mol. The Bertz CT molecular complexity index is 1890. The molecule has 2 amide bonds. The average molecular weight is 746 g/mol. The van der Waals surface area contributed by atoms with E-state index >= 15 is 0 Å². The highest BCUT2D eigenvalue weighted by Gasteiger charge is 2.22. The fraction of sp³-hybridized carbons (Fsp3) is 0.273. The van der Waals surface area contributed by atoms with Crippen LogP contribution < -0.4 is 33.6 Å². The van der Waals surface area contributed by atoms with Gasteiger partial charge in [0.25, 0.3) is 0 Å². The quantitative estimate of drug-likeness (QED) is 0.105. The highest BCUT2D eigenvalue weighted by Crippen LogP contribution is 2.30. The minimum Gasteiger partial charge on any atom is -0.497 e. The van der Waals surface area contributed by atoms with Crippen LogP contribution in [0.4, 0.5) is 26.7 Å². The summed E-state index contributed by atoms with van der Waals surface area (Å²) in [4.78, 5) is 37.2. The Morgan fingerprint density at radius 1 is 0.418 bits per heavy atom. The van der Waals surface area contributed by atoms with Crippen LogP contribution in [0.15, 0.2) is 115 Å². The molecule has 0 atom stereocenters. The third-order valence-corrected chi connectivity index (χ3v) is 8.98. The first-order chi connectivity index (χ1) is 26.4. The molecule has 0 saturated heterocycles. The molecule has 0 N–H and O–H groups in total. The molecular weight excluding hydrogens is 695 g/mol. The van der Waals surface area contributed by atoms with Crippen molar-refractivity contribution < 1.29 is 28.5 Å². The van der Waals surface area contributed by atoms with E-state index in [1.807, 2.05) is 154 Å². The number of carbonyl (C=O) groups excluding carboxylic acids is 2. The second kappa shape index (κ2) is 18.6. The van der Waals surface area contributed by atoms with Gasteiger partial charge < -0.3 is 33.6 Å². The Balaban J connectivity index is 1.41. The normalized spacial score (nSPS) is 10.6. The van der Waals surface area contributed by atoms with Gasteiger partial charge in [-0.2, -0.15) is 0 Å². The molecule has 5 aromatic rings. The van der Waals surface area contributed by atoms with Gasteiger partial charge in [-0.15, -0.1) is 0 Å². The van der Waals surface area contributed by atoms with E-state index in [-0.39, 0.29) is 24.6 Å². The van der Waals surface area contributed by atoms with Crippen LogP contribution in [-0.2, 0) is 26.2 Å². The van der Waals surface area contributed by atoms with E-state index in [4.69, 9.17) is 18.9 Å². The van der Waals surface area contributed by atoms with Crippen molar-refractivity contribution in [2.24, 2.45) is 0 Å². The maximum Gasteiger partial charge on any atom is 0.415 e. The number of rotatable bonds is 15. The van der Waals surface area contributed by atoms with Gasteiger partial charge in [-0.25, -0.2) is 9.59 Å². The fourth-order valence-electron chi connectivity index (χ4n) is 5.86. The van der Waals surface area contributed by atoms with Crippen LogP contribution in [0.2, 0.25) is 0 Å². The minimum absolute atomic E-state index is 0.233. The number of nitrogens with zero attached hydrogens (tertiary/aromatic N) is 5. The second-order valence-corrected chi connectivity index (χ2v) is 13.8. The van der Waals surface area contributed by atoms with E-state index < -0.39 is 12.2 Å². The summed E-state index contributed by atoms with van der Waals surface area (Å²) in [6, 6.07) is 36.3. The number of benzene rings is 5. The minimum atomic E-state index is -0.562. The van der Waals surface area contributed by atoms with Crippen LogP contribution in [0, 0.1) is 0 Å². The molecule has 0 aliphatic rings. The Kier molecular flexibility index (Phi) is 13.5. The van der Waals surface area contributed by atoms with Gasteiger partial charge in [0.2, 0.25) is 0 Å². The predicted molar refractivity (Wildman–Crippen MR) is 219 cm³/mol. The molecule has 0 aliphatic heterocycles. The lowest BCUT2D eigenvalue weighted by Crippen LogP contribution is -2.33. The van der Waals surface area contributed by atoms with Gasteiger partial charge in [0.15, 0.2) is 0 Å². The van der Waals surface area contributed by atoms with Gasteiger partial charge in [-0.05, 0) is 70.8 Å². The van der Waals surface area contributed by atoms with Gasteiger partial charge >= 0.3 is 12.2 Å². The van der Waals surface area contributed by atoms with Crippen molar-refractivity contribution in [1.29, 1.82) is 0 Å². The van der Waals surface area contributed by atoms with Gasteiger partial charge in [0.1, 0.15) is 23.0 Å². The molecule has 0 radical (unpaired) electrons. The van der Waals surface area contributed by atoms with Crippen molar-refractivity contribution in [3.63, 3.8) is 0 Å². The van der Waals surface area contributed by atoms with Gasteiger partial charge in [0, 0.05) is 104 Å². The molecule has 0 aromatic heterocycles. The molecule has 55 heavy (non-hydrogen) atoms. The Hall–Kier alpha value is -6.36. The molecule has 5 rings (SSSR count). The molecular formula is C44H51N5O6. The highest BCUT2D eigenvalue weighted by atomic mass is 16.6. The zero-order valence-corrected chi connectivity index (χ0v) is 33.0. The van der Waals surface area contributed by atoms with Crippen LogP contribution in [0.25, 0.3) is 0 Å². The zero-order chi connectivity index (χ0) is 39.5. The number of carbonyl (C=O) groups is 2. The molecule has 11 heteroatoms. The van der Waals surface area contributed by atoms with E-state index in [0.29, 0.717) is 30.3 Å². The Labute approximate surface area is 324 Å². The topological polar surface area (TPSA) is 87.3 Å². The Morgan fingerprint density at radius 3 is 1.13 bits per heavy atom. The van der Waals surface area contributed by atoms with E-state index in [0.717, 1.165) is 33.6 Å². The van der Waals surface area contributed by atoms with E-state index in [1.165, 1.54) is 0 Å². The number of hydrogen-bond acceptors (Lipinski definition) is 9. The van der Waals surface area contributed by atoms with Crippen LogP contribution >= 0.6 is 0 Å². The second-order valence-electron chi connectivity index (χ2n) is 13.8. The van der Waals surface area contributed by atoms with Crippen LogP contribution in [-0.4, -0.2) is 78.5 Å². The standard InChI is InChI=1S/C44H51N5O6/c1-45(2)36-19-15-32(16-20-36)28-48(30-34-11-9-13-39(23-34)52-7)43(50)54-41-25-38(47(5)6)26-42(27-41)55-44(51)49(31-35-12-10-14-40(24-35)53-8)29-33-17-21-37(22-18-33)46(3)4/h9-27H,28-31H2,1-8H3. The molecule has 288 valence electrons. The van der Waals surface area contributed by atoms with Crippen molar-refractivity contribution in [1.82, 2.24) is 9.80 Å². The molecule has 0 saturated carbocycles. The highest BCUT2D eigenvalue weighted by molar-refractivity contribution is 5.74. The largest absolute Gasteiger partial charge is 0.497 e. The average Bonchev–Trinajstić information content (AvgIpc) is 3.17. The molecule has 0 bridgehead atoms. The van der Waals surface area contributed by atoms with Gasteiger partial charge in [-0.3, -0.25) is 9.80 Å². The van der Waals surface area contributed by atoms with Crippen molar-refractivity contribution in [2.75, 3.05) is 71.2 Å². The smallest absolute Gasteiger partial charge is 0.415 e. The maximum absolute atomic E-state index is 14.0. The number of amides is 2.